The van der Waals surface area contributed by atoms with Crippen LogP contribution in [-0.4, -0.2) is 33.7 Å². The van der Waals surface area contributed by atoms with Crippen molar-refractivity contribution in [3.8, 4) is 5.69 Å². The Balaban J connectivity index is 2.06. The van der Waals surface area contributed by atoms with Crippen LogP contribution in [0.1, 0.15) is 55.6 Å². The number of nitrogens with one attached hydrogen (secondary N) is 2. The van der Waals surface area contributed by atoms with Crippen LogP contribution >= 0.6 is 0 Å². The molecule has 0 bridgehead atoms. The summed E-state index contributed by atoms with van der Waals surface area (Å²) in [4.78, 5) is 32.0. The summed E-state index contributed by atoms with van der Waals surface area (Å²) >= 11 is 0. The molecule has 0 unspecified atom stereocenters. The molecule has 2 N–H and O–H groups in total. The summed E-state index contributed by atoms with van der Waals surface area (Å²) in [5.74, 6) is -0.416. The number of aromatic nitrogens is 3. The Morgan fingerprint density at radius 3 is 2.45 bits per heavy atom. The molecule has 0 aliphatic rings. The van der Waals surface area contributed by atoms with E-state index in [1.165, 1.54) is 11.7 Å². The number of pyridine rings is 1. The molecular weight excluding hydrogens is 368 g/mol. The number of rotatable bonds is 8. The van der Waals surface area contributed by atoms with Gasteiger partial charge in [0.25, 0.3) is 0 Å². The second-order valence-corrected chi connectivity index (χ2v) is 7.23. The number of methoxy groups -OCH3 is 1. The second kappa shape index (κ2) is 8.94. The number of ether oxygens (including phenoxy) is 1. The molecule has 0 saturated carbocycles. The van der Waals surface area contributed by atoms with Crippen LogP contribution in [0, 0.1) is 6.92 Å². The van der Waals surface area contributed by atoms with Crippen molar-refractivity contribution in [2.75, 3.05) is 12.4 Å². The molecule has 0 atom stereocenters. The van der Waals surface area contributed by atoms with Crippen molar-refractivity contribution in [1.29, 1.82) is 0 Å². The Labute approximate surface area is 170 Å². The van der Waals surface area contributed by atoms with E-state index in [1.807, 2.05) is 13.0 Å². The van der Waals surface area contributed by atoms with Crippen molar-refractivity contribution in [3.63, 3.8) is 0 Å². The summed E-state index contributed by atoms with van der Waals surface area (Å²) < 4.78 is 6.27. The van der Waals surface area contributed by atoms with Gasteiger partial charge in [-0.1, -0.05) is 26.7 Å². The highest BCUT2D eigenvalue weighted by Gasteiger charge is 2.17. The van der Waals surface area contributed by atoms with Crippen LogP contribution in [0.15, 0.2) is 35.1 Å². The lowest BCUT2D eigenvalue weighted by molar-refractivity contribution is 0.0600. The zero-order valence-corrected chi connectivity index (χ0v) is 17.4. The molecule has 2 heterocycles. The van der Waals surface area contributed by atoms with E-state index in [4.69, 9.17) is 4.74 Å². The summed E-state index contributed by atoms with van der Waals surface area (Å²) in [7, 11) is 1.34. The Morgan fingerprint density at radius 2 is 1.86 bits per heavy atom. The second-order valence-electron chi connectivity index (χ2n) is 7.23. The van der Waals surface area contributed by atoms with Gasteiger partial charge in [-0.3, -0.25) is 0 Å². The maximum Gasteiger partial charge on any atom is 0.337 e. The zero-order chi connectivity index (χ0) is 21.0. The van der Waals surface area contributed by atoms with Crippen molar-refractivity contribution >= 4 is 22.8 Å². The molecule has 3 rings (SSSR count). The Kier molecular flexibility index (Phi) is 6.36. The van der Waals surface area contributed by atoms with Crippen molar-refractivity contribution in [2.24, 2.45) is 0 Å². The van der Waals surface area contributed by atoms with Gasteiger partial charge in [0.2, 0.25) is 0 Å². The summed E-state index contributed by atoms with van der Waals surface area (Å²) in [5.41, 5.74) is 3.76. The average molecular weight is 396 g/mol. The monoisotopic (exact) mass is 396 g/mol. The first-order valence-electron chi connectivity index (χ1n) is 10.1. The van der Waals surface area contributed by atoms with Gasteiger partial charge in [-0.05, 0) is 50.1 Å². The molecule has 7 nitrogen and oxygen atoms in total. The van der Waals surface area contributed by atoms with Gasteiger partial charge in [0.1, 0.15) is 5.52 Å². The minimum atomic E-state index is -0.416. The normalized spacial score (nSPS) is 11.2. The van der Waals surface area contributed by atoms with E-state index in [9.17, 15) is 9.59 Å². The number of carbonyl (C=O) groups excluding carboxylic acids is 1. The van der Waals surface area contributed by atoms with Crippen LogP contribution in [-0.2, 0) is 4.74 Å². The number of fused-ring (bicyclic) bond motifs is 1. The van der Waals surface area contributed by atoms with Crippen LogP contribution in [0.5, 0.6) is 0 Å². The highest BCUT2D eigenvalue weighted by Crippen LogP contribution is 2.25. The molecule has 0 spiro atoms. The molecule has 0 fully saturated rings. The minimum absolute atomic E-state index is 0.269. The third kappa shape index (κ3) is 4.34. The average Bonchev–Trinajstić information content (AvgIpc) is 3.03. The Hall–Kier alpha value is -3.09. The van der Waals surface area contributed by atoms with Crippen molar-refractivity contribution < 1.29 is 9.53 Å². The number of imidazole rings is 1. The largest absolute Gasteiger partial charge is 0.465 e. The van der Waals surface area contributed by atoms with Crippen LogP contribution in [0.4, 0.5) is 5.69 Å². The standard InChI is InChI=1S/C22H28N4O3/c1-5-7-16(8-6-2)24-18-13-14(3)23-20-19(18)25-22(28)26(20)17-11-9-15(10-12-17)21(27)29-4/h9-13,16H,5-8H2,1-4H3,(H,23,24)(H,25,28). The molecule has 2 aromatic heterocycles. The number of hydrogen-bond donors (Lipinski definition) is 2. The molecule has 1 aromatic carbocycles. The third-order valence-electron chi connectivity index (χ3n) is 4.96. The summed E-state index contributed by atoms with van der Waals surface area (Å²) in [6.45, 7) is 6.27. The van der Waals surface area contributed by atoms with E-state index in [-0.39, 0.29) is 5.69 Å². The first kappa shape index (κ1) is 20.6. The summed E-state index contributed by atoms with van der Waals surface area (Å²) in [6.07, 6.45) is 4.32. The molecular formula is C22H28N4O3. The molecule has 3 aromatic rings. The molecule has 0 aliphatic carbocycles. The fraction of sp³-hybridized carbons (Fsp3) is 0.409. The number of esters is 1. The van der Waals surface area contributed by atoms with Crippen LogP contribution in [0.25, 0.3) is 16.9 Å². The fourth-order valence-corrected chi connectivity index (χ4v) is 3.62. The third-order valence-corrected chi connectivity index (χ3v) is 4.96. The van der Waals surface area contributed by atoms with Gasteiger partial charge >= 0.3 is 11.7 Å². The predicted molar refractivity (Wildman–Crippen MR) is 115 cm³/mol. The van der Waals surface area contributed by atoms with E-state index >= 15 is 0 Å². The number of benzene rings is 1. The summed E-state index contributed by atoms with van der Waals surface area (Å²) in [6, 6.07) is 9.03. The molecule has 0 saturated heterocycles. The van der Waals surface area contributed by atoms with E-state index in [2.05, 4.69) is 29.1 Å². The van der Waals surface area contributed by atoms with E-state index < -0.39 is 5.97 Å². The number of nitrogens with zero attached hydrogens (tertiary/aromatic N) is 2. The Morgan fingerprint density at radius 1 is 1.21 bits per heavy atom. The van der Waals surface area contributed by atoms with Gasteiger partial charge in [0.15, 0.2) is 5.65 Å². The van der Waals surface area contributed by atoms with Gasteiger partial charge in [-0.25, -0.2) is 19.1 Å². The number of hydrogen-bond acceptors (Lipinski definition) is 5. The van der Waals surface area contributed by atoms with E-state index in [0.29, 0.717) is 28.5 Å². The van der Waals surface area contributed by atoms with Crippen LogP contribution < -0.4 is 11.0 Å². The Bertz CT molecular complexity index is 1040. The predicted octanol–water partition coefficient (Wildman–Crippen LogP) is 4.19. The molecule has 0 amide bonds. The molecule has 29 heavy (non-hydrogen) atoms. The van der Waals surface area contributed by atoms with E-state index in [0.717, 1.165) is 37.1 Å². The summed E-state index contributed by atoms with van der Waals surface area (Å²) in [5, 5.41) is 3.60. The highest BCUT2D eigenvalue weighted by atomic mass is 16.5. The number of anilines is 1. The lowest BCUT2D eigenvalue weighted by Crippen LogP contribution is -2.19. The van der Waals surface area contributed by atoms with Crippen LogP contribution in [0.3, 0.4) is 0 Å². The van der Waals surface area contributed by atoms with Crippen molar-refractivity contribution in [2.45, 2.75) is 52.5 Å². The van der Waals surface area contributed by atoms with Gasteiger partial charge < -0.3 is 15.0 Å². The number of aromatic amines is 1. The lowest BCUT2D eigenvalue weighted by Gasteiger charge is -2.19. The van der Waals surface area contributed by atoms with Crippen molar-refractivity contribution in [1.82, 2.24) is 14.5 Å². The quantitative estimate of drug-likeness (QED) is 0.557. The number of carbonyl (C=O) groups is 1. The molecule has 7 heteroatoms. The topological polar surface area (TPSA) is 89.0 Å². The zero-order valence-electron chi connectivity index (χ0n) is 17.4. The molecule has 0 radical (unpaired) electrons. The van der Waals surface area contributed by atoms with Gasteiger partial charge in [-0.2, -0.15) is 0 Å². The maximum absolute atomic E-state index is 12.8. The van der Waals surface area contributed by atoms with Gasteiger partial charge in [-0.15, -0.1) is 0 Å². The first-order chi connectivity index (χ1) is 14.0. The number of H-pyrrole nitrogens is 1. The molecule has 154 valence electrons. The first-order valence-corrected chi connectivity index (χ1v) is 10.1. The molecule has 0 aliphatic heterocycles. The van der Waals surface area contributed by atoms with E-state index in [1.54, 1.807) is 24.3 Å². The lowest BCUT2D eigenvalue weighted by atomic mass is 10.1. The van der Waals surface area contributed by atoms with Crippen LogP contribution in [0.2, 0.25) is 0 Å². The highest BCUT2D eigenvalue weighted by molar-refractivity contribution is 5.90. The van der Waals surface area contributed by atoms with Crippen molar-refractivity contribution in [3.05, 3.63) is 52.1 Å². The smallest absolute Gasteiger partial charge is 0.337 e. The van der Waals surface area contributed by atoms with Gasteiger partial charge in [0.05, 0.1) is 24.0 Å². The van der Waals surface area contributed by atoms with Gasteiger partial charge in [0, 0.05) is 11.7 Å². The minimum Gasteiger partial charge on any atom is -0.465 e. The SMILES string of the molecule is CCCC(CCC)Nc1cc(C)nc2c1[nH]c(=O)n2-c1ccc(C(=O)OC)cc1. The fourth-order valence-electron chi connectivity index (χ4n) is 3.62. The number of aryl methyl sites for hydroxylation is 1. The maximum atomic E-state index is 12.8.